The van der Waals surface area contributed by atoms with E-state index in [0.717, 1.165) is 17.9 Å². The molecule has 0 aliphatic heterocycles. The van der Waals surface area contributed by atoms with Gasteiger partial charge in [-0.15, -0.1) is 0 Å². The number of aryl methyl sites for hydroxylation is 1. The summed E-state index contributed by atoms with van der Waals surface area (Å²) >= 11 is 0. The highest BCUT2D eigenvalue weighted by molar-refractivity contribution is 5.31. The van der Waals surface area contributed by atoms with Crippen LogP contribution in [0.4, 0.5) is 0 Å². The van der Waals surface area contributed by atoms with Gasteiger partial charge < -0.3 is 5.32 Å². The molecule has 0 saturated heterocycles. The quantitative estimate of drug-likeness (QED) is 0.783. The molecule has 106 valence electrons. The molecular formula is C18H29N. The predicted molar refractivity (Wildman–Crippen MR) is 83.6 cm³/mol. The smallest absolute Gasteiger partial charge is 0.00812 e. The van der Waals surface area contributed by atoms with Gasteiger partial charge >= 0.3 is 0 Å². The Labute approximate surface area is 118 Å². The van der Waals surface area contributed by atoms with Gasteiger partial charge in [-0.3, -0.25) is 0 Å². The summed E-state index contributed by atoms with van der Waals surface area (Å²) < 4.78 is 0. The number of rotatable bonds is 6. The van der Waals surface area contributed by atoms with Gasteiger partial charge in [-0.05, 0) is 62.5 Å². The molecular weight excluding hydrogens is 230 g/mol. The molecule has 1 N–H and O–H groups in total. The molecule has 1 saturated carbocycles. The van der Waals surface area contributed by atoms with E-state index in [2.05, 4.69) is 57.3 Å². The van der Waals surface area contributed by atoms with E-state index in [1.54, 1.807) is 5.56 Å². The molecule has 19 heavy (non-hydrogen) atoms. The predicted octanol–water partition coefficient (Wildman–Crippen LogP) is 4.66. The van der Waals surface area contributed by atoms with E-state index in [-0.39, 0.29) is 0 Å². The average molecular weight is 259 g/mol. The molecule has 1 unspecified atom stereocenters. The lowest BCUT2D eigenvalue weighted by atomic mass is 9.74. The monoisotopic (exact) mass is 259 g/mol. The van der Waals surface area contributed by atoms with Gasteiger partial charge in [0, 0.05) is 12.1 Å². The third-order valence-electron chi connectivity index (χ3n) is 4.46. The minimum absolute atomic E-state index is 0.672. The largest absolute Gasteiger partial charge is 0.311 e. The van der Waals surface area contributed by atoms with E-state index in [1.165, 1.54) is 31.2 Å². The fraction of sp³-hybridized carbons (Fsp3) is 0.667. The van der Waals surface area contributed by atoms with Crippen LogP contribution in [0.3, 0.4) is 0 Å². The SMILES string of the molecule is Cc1ccccc1C1CC(NC(C)CCC(C)C)C1. The van der Waals surface area contributed by atoms with E-state index in [9.17, 15) is 0 Å². The van der Waals surface area contributed by atoms with E-state index < -0.39 is 0 Å². The zero-order valence-electron chi connectivity index (χ0n) is 12.9. The van der Waals surface area contributed by atoms with Gasteiger partial charge in [0.15, 0.2) is 0 Å². The summed E-state index contributed by atoms with van der Waals surface area (Å²) in [6.45, 7) is 9.19. The normalized spacial score (nSPS) is 24.3. The van der Waals surface area contributed by atoms with Crippen molar-refractivity contribution in [3.63, 3.8) is 0 Å². The molecule has 0 heterocycles. The molecule has 0 radical (unpaired) electrons. The standard InChI is InChI=1S/C18H29N/c1-13(2)9-10-15(4)19-17-11-16(12-17)18-8-6-5-7-14(18)3/h5-8,13,15-17,19H,9-12H2,1-4H3. The molecule has 0 bridgehead atoms. The number of benzene rings is 1. The minimum Gasteiger partial charge on any atom is -0.311 e. The fourth-order valence-corrected chi connectivity index (χ4v) is 3.12. The van der Waals surface area contributed by atoms with Crippen LogP contribution >= 0.6 is 0 Å². The van der Waals surface area contributed by atoms with Crippen molar-refractivity contribution in [2.45, 2.75) is 71.4 Å². The van der Waals surface area contributed by atoms with E-state index in [1.807, 2.05) is 0 Å². The Kier molecular flexibility index (Phi) is 5.04. The van der Waals surface area contributed by atoms with Crippen LogP contribution in [0.15, 0.2) is 24.3 Å². The summed E-state index contributed by atoms with van der Waals surface area (Å²) in [5.41, 5.74) is 3.02. The maximum Gasteiger partial charge on any atom is 0.00812 e. The van der Waals surface area contributed by atoms with Gasteiger partial charge in [0.2, 0.25) is 0 Å². The lowest BCUT2D eigenvalue weighted by molar-refractivity contribution is 0.260. The number of hydrogen-bond donors (Lipinski definition) is 1. The molecule has 1 fully saturated rings. The summed E-state index contributed by atoms with van der Waals surface area (Å²) in [6.07, 6.45) is 5.28. The van der Waals surface area contributed by atoms with Crippen LogP contribution in [-0.2, 0) is 0 Å². The number of hydrogen-bond acceptors (Lipinski definition) is 1. The van der Waals surface area contributed by atoms with E-state index >= 15 is 0 Å². The van der Waals surface area contributed by atoms with Gasteiger partial charge in [0.25, 0.3) is 0 Å². The Bertz CT molecular complexity index is 390. The summed E-state index contributed by atoms with van der Waals surface area (Å²) in [4.78, 5) is 0. The Morgan fingerprint density at radius 1 is 1.11 bits per heavy atom. The molecule has 1 aliphatic rings. The Morgan fingerprint density at radius 2 is 1.79 bits per heavy atom. The van der Waals surface area contributed by atoms with Crippen molar-refractivity contribution in [3.05, 3.63) is 35.4 Å². The Balaban J connectivity index is 1.73. The number of nitrogens with one attached hydrogen (secondary N) is 1. The molecule has 1 heteroatoms. The van der Waals surface area contributed by atoms with Crippen LogP contribution in [-0.4, -0.2) is 12.1 Å². The highest BCUT2D eigenvalue weighted by Gasteiger charge is 2.31. The lowest BCUT2D eigenvalue weighted by Crippen LogP contribution is -2.44. The lowest BCUT2D eigenvalue weighted by Gasteiger charge is -2.39. The maximum absolute atomic E-state index is 3.79. The molecule has 2 rings (SSSR count). The molecule has 0 spiro atoms. The van der Waals surface area contributed by atoms with Gasteiger partial charge in [-0.2, -0.15) is 0 Å². The first-order valence-electron chi connectivity index (χ1n) is 7.87. The fourth-order valence-electron chi connectivity index (χ4n) is 3.12. The third-order valence-corrected chi connectivity index (χ3v) is 4.46. The second kappa shape index (κ2) is 6.56. The van der Waals surface area contributed by atoms with Crippen molar-refractivity contribution < 1.29 is 0 Å². The van der Waals surface area contributed by atoms with Crippen LogP contribution in [0.1, 0.15) is 63.5 Å². The maximum atomic E-state index is 3.79. The van der Waals surface area contributed by atoms with Crippen molar-refractivity contribution in [3.8, 4) is 0 Å². The van der Waals surface area contributed by atoms with Crippen LogP contribution in [0.25, 0.3) is 0 Å². The van der Waals surface area contributed by atoms with Crippen LogP contribution in [0.5, 0.6) is 0 Å². The van der Waals surface area contributed by atoms with Crippen molar-refractivity contribution in [2.24, 2.45) is 5.92 Å². The van der Waals surface area contributed by atoms with Gasteiger partial charge in [-0.25, -0.2) is 0 Å². The van der Waals surface area contributed by atoms with Gasteiger partial charge in [0.1, 0.15) is 0 Å². The third kappa shape index (κ3) is 4.07. The average Bonchev–Trinajstić information content (AvgIpc) is 2.32. The van der Waals surface area contributed by atoms with Crippen molar-refractivity contribution in [1.82, 2.24) is 5.32 Å². The summed E-state index contributed by atoms with van der Waals surface area (Å²) in [7, 11) is 0. The van der Waals surface area contributed by atoms with Crippen molar-refractivity contribution in [2.75, 3.05) is 0 Å². The second-order valence-corrected chi connectivity index (χ2v) is 6.76. The topological polar surface area (TPSA) is 12.0 Å². The first-order chi connectivity index (χ1) is 9.06. The highest BCUT2D eigenvalue weighted by Crippen LogP contribution is 2.38. The van der Waals surface area contributed by atoms with Gasteiger partial charge in [0.05, 0.1) is 0 Å². The van der Waals surface area contributed by atoms with Crippen LogP contribution < -0.4 is 5.32 Å². The van der Waals surface area contributed by atoms with E-state index in [0.29, 0.717) is 6.04 Å². The molecule has 1 nitrogen and oxygen atoms in total. The van der Waals surface area contributed by atoms with Crippen molar-refractivity contribution in [1.29, 1.82) is 0 Å². The van der Waals surface area contributed by atoms with Crippen LogP contribution in [0.2, 0.25) is 0 Å². The summed E-state index contributed by atoms with van der Waals surface area (Å²) in [6, 6.07) is 10.3. The first kappa shape index (κ1) is 14.6. The Morgan fingerprint density at radius 3 is 2.42 bits per heavy atom. The summed E-state index contributed by atoms with van der Waals surface area (Å²) in [5, 5.41) is 3.79. The zero-order chi connectivity index (χ0) is 13.8. The van der Waals surface area contributed by atoms with Crippen molar-refractivity contribution >= 4 is 0 Å². The zero-order valence-corrected chi connectivity index (χ0v) is 12.9. The molecule has 1 aliphatic carbocycles. The Hall–Kier alpha value is -0.820. The second-order valence-electron chi connectivity index (χ2n) is 6.76. The van der Waals surface area contributed by atoms with Crippen LogP contribution in [0, 0.1) is 12.8 Å². The van der Waals surface area contributed by atoms with Gasteiger partial charge in [-0.1, -0.05) is 38.1 Å². The molecule has 1 aromatic carbocycles. The highest BCUT2D eigenvalue weighted by atomic mass is 15.0. The minimum atomic E-state index is 0.672. The molecule has 0 amide bonds. The first-order valence-corrected chi connectivity index (χ1v) is 7.87. The molecule has 0 aromatic heterocycles. The molecule has 1 aromatic rings. The van der Waals surface area contributed by atoms with E-state index in [4.69, 9.17) is 0 Å². The summed E-state index contributed by atoms with van der Waals surface area (Å²) in [5.74, 6) is 1.61. The molecule has 1 atom stereocenters.